The van der Waals surface area contributed by atoms with Gasteiger partial charge in [-0.25, -0.2) is 4.39 Å². The fourth-order valence-electron chi connectivity index (χ4n) is 3.04. The molecule has 142 valence electrons. The number of carbonyl (C=O) groups excluding carboxylic acids is 1. The van der Waals surface area contributed by atoms with Crippen LogP contribution in [0.5, 0.6) is 0 Å². The minimum Gasteiger partial charge on any atom is -0.404 e. The molecular formula is C18H25ClFN5O. The van der Waals surface area contributed by atoms with Crippen molar-refractivity contribution < 1.29 is 9.18 Å². The molecule has 1 aromatic rings. The van der Waals surface area contributed by atoms with E-state index >= 15 is 4.39 Å². The number of amides is 1. The van der Waals surface area contributed by atoms with E-state index < -0.39 is 5.67 Å². The predicted octanol–water partition coefficient (Wildman–Crippen LogP) is 2.03. The van der Waals surface area contributed by atoms with Crippen LogP contribution in [0.1, 0.15) is 24.1 Å². The Kier molecular flexibility index (Phi) is 6.13. The fourth-order valence-corrected chi connectivity index (χ4v) is 3.25. The summed E-state index contributed by atoms with van der Waals surface area (Å²) in [4.78, 5) is 20.1. The van der Waals surface area contributed by atoms with Crippen LogP contribution in [0, 0.1) is 6.92 Å². The van der Waals surface area contributed by atoms with E-state index in [1.807, 2.05) is 0 Å². The number of pyridine rings is 1. The Hall–Kier alpha value is -2.28. The first kappa shape index (κ1) is 20.0. The molecule has 0 radical (unpaired) electrons. The summed E-state index contributed by atoms with van der Waals surface area (Å²) in [6.07, 6.45) is 4.93. The molecule has 4 N–H and O–H groups in total. The third-order valence-corrected chi connectivity index (χ3v) is 4.65. The zero-order valence-electron chi connectivity index (χ0n) is 15.3. The molecule has 1 amide bonds. The van der Waals surface area contributed by atoms with Gasteiger partial charge >= 0.3 is 0 Å². The van der Waals surface area contributed by atoms with Crippen molar-refractivity contribution in [2.45, 2.75) is 25.4 Å². The first-order chi connectivity index (χ1) is 12.2. The van der Waals surface area contributed by atoms with E-state index in [-0.39, 0.29) is 18.0 Å². The van der Waals surface area contributed by atoms with Gasteiger partial charge in [-0.2, -0.15) is 0 Å². The highest BCUT2D eigenvalue weighted by Gasteiger charge is 2.41. The summed E-state index contributed by atoms with van der Waals surface area (Å²) >= 11 is 5.92. The summed E-state index contributed by atoms with van der Waals surface area (Å²) in [6.45, 7) is 2.13. The Morgan fingerprint density at radius 2 is 2.19 bits per heavy atom. The summed E-state index contributed by atoms with van der Waals surface area (Å²) in [6, 6.07) is 1.68. The number of likely N-dealkylation sites (tertiary alicyclic amines) is 1. The van der Waals surface area contributed by atoms with E-state index in [4.69, 9.17) is 23.1 Å². The molecule has 0 saturated carbocycles. The maximum atomic E-state index is 15.7. The van der Waals surface area contributed by atoms with E-state index in [2.05, 4.69) is 4.98 Å². The van der Waals surface area contributed by atoms with Gasteiger partial charge in [-0.05, 0) is 37.5 Å². The molecule has 1 atom stereocenters. The average molecular weight is 382 g/mol. The number of carbonyl (C=O) groups is 1. The smallest absolute Gasteiger partial charge is 0.255 e. The number of hydrogen-bond acceptors (Lipinski definition) is 5. The van der Waals surface area contributed by atoms with E-state index in [1.165, 1.54) is 23.4 Å². The highest BCUT2D eigenvalue weighted by molar-refractivity contribution is 6.30. The molecule has 1 aromatic heterocycles. The Labute approximate surface area is 158 Å². The van der Waals surface area contributed by atoms with Gasteiger partial charge < -0.3 is 21.3 Å². The van der Waals surface area contributed by atoms with Gasteiger partial charge in [-0.1, -0.05) is 11.6 Å². The first-order valence-corrected chi connectivity index (χ1v) is 8.73. The maximum Gasteiger partial charge on any atom is 0.255 e. The predicted molar refractivity (Wildman–Crippen MR) is 101 cm³/mol. The normalized spacial score (nSPS) is 21.7. The number of aryl methyl sites for hydroxylation is 1. The van der Waals surface area contributed by atoms with Crippen LogP contribution in [0.25, 0.3) is 0 Å². The number of alkyl halides is 1. The van der Waals surface area contributed by atoms with Crippen LogP contribution in [-0.4, -0.2) is 47.9 Å². The summed E-state index contributed by atoms with van der Waals surface area (Å²) in [5.41, 5.74) is 10.9. The summed E-state index contributed by atoms with van der Waals surface area (Å²) in [5, 5.41) is 0.455. The Morgan fingerprint density at radius 3 is 2.77 bits per heavy atom. The standard InChI is InChI=1S/C18H25ClFN5O/c1-12-7-14(19)10-23-16(12)18(20)5-4-6-25(11-18)17(26)13(9-21)8-15(22)24(2)3/h7-10H,4-6,11,21-22H2,1-3H3/b13-9+,15-8+. The number of aromatic nitrogens is 1. The topological polar surface area (TPSA) is 88.5 Å². The molecule has 1 saturated heterocycles. The van der Waals surface area contributed by atoms with Gasteiger partial charge in [0, 0.05) is 33.0 Å². The molecule has 1 fully saturated rings. The largest absolute Gasteiger partial charge is 0.404 e. The highest BCUT2D eigenvalue weighted by atomic mass is 35.5. The van der Waals surface area contributed by atoms with E-state index in [9.17, 15) is 4.79 Å². The highest BCUT2D eigenvalue weighted by Crippen LogP contribution is 2.37. The van der Waals surface area contributed by atoms with Gasteiger partial charge in [0.05, 0.1) is 28.7 Å². The zero-order chi connectivity index (χ0) is 19.5. The van der Waals surface area contributed by atoms with Crippen LogP contribution < -0.4 is 11.5 Å². The van der Waals surface area contributed by atoms with Crippen molar-refractivity contribution >= 4 is 17.5 Å². The van der Waals surface area contributed by atoms with Crippen LogP contribution in [0.2, 0.25) is 5.02 Å². The number of nitrogens with zero attached hydrogens (tertiary/aromatic N) is 3. The summed E-state index contributed by atoms with van der Waals surface area (Å²) in [5.74, 6) is 0.0272. The van der Waals surface area contributed by atoms with Gasteiger partial charge in [0.25, 0.3) is 5.91 Å². The molecule has 2 heterocycles. The van der Waals surface area contributed by atoms with Gasteiger partial charge in [0.1, 0.15) is 0 Å². The van der Waals surface area contributed by atoms with Gasteiger partial charge in [-0.15, -0.1) is 0 Å². The van der Waals surface area contributed by atoms with Gasteiger partial charge in [-0.3, -0.25) is 9.78 Å². The number of piperidine rings is 1. The SMILES string of the molecule is Cc1cc(Cl)cnc1C1(F)CCCN(C(=O)C(=C/N)/C=C(\N)N(C)C)C1. The Bertz CT molecular complexity index is 749. The van der Waals surface area contributed by atoms with Crippen molar-refractivity contribution in [2.75, 3.05) is 27.2 Å². The average Bonchev–Trinajstić information content (AvgIpc) is 2.58. The fraction of sp³-hybridized carbons (Fsp3) is 0.444. The second kappa shape index (κ2) is 7.95. The monoisotopic (exact) mass is 381 g/mol. The minimum atomic E-state index is -1.72. The first-order valence-electron chi connectivity index (χ1n) is 8.35. The van der Waals surface area contributed by atoms with Crippen LogP contribution in [0.3, 0.4) is 0 Å². The molecule has 0 bridgehead atoms. The molecule has 1 aliphatic rings. The lowest BCUT2D eigenvalue weighted by Gasteiger charge is -2.37. The second-order valence-electron chi connectivity index (χ2n) is 6.70. The van der Waals surface area contributed by atoms with Crippen LogP contribution in [-0.2, 0) is 10.5 Å². The lowest BCUT2D eigenvalue weighted by atomic mass is 9.88. The van der Waals surface area contributed by atoms with Crippen LogP contribution in [0.4, 0.5) is 4.39 Å². The van der Waals surface area contributed by atoms with Crippen molar-refractivity contribution in [2.24, 2.45) is 11.5 Å². The lowest BCUT2D eigenvalue weighted by molar-refractivity contribution is -0.131. The van der Waals surface area contributed by atoms with E-state index in [1.54, 1.807) is 32.0 Å². The molecule has 1 unspecified atom stereocenters. The number of nitrogens with two attached hydrogens (primary N) is 2. The molecule has 0 spiro atoms. The maximum absolute atomic E-state index is 15.7. The molecule has 0 aromatic carbocycles. The van der Waals surface area contributed by atoms with Crippen LogP contribution >= 0.6 is 11.6 Å². The molecular weight excluding hydrogens is 357 g/mol. The van der Waals surface area contributed by atoms with E-state index in [0.717, 1.165) is 0 Å². The lowest BCUT2D eigenvalue weighted by Crippen LogP contribution is -2.47. The molecule has 26 heavy (non-hydrogen) atoms. The summed E-state index contributed by atoms with van der Waals surface area (Å²) in [7, 11) is 3.51. The van der Waals surface area contributed by atoms with Crippen molar-refractivity contribution in [1.29, 1.82) is 0 Å². The third kappa shape index (κ3) is 4.27. The van der Waals surface area contributed by atoms with Crippen LogP contribution in [0.15, 0.2) is 35.9 Å². The molecule has 1 aliphatic heterocycles. The van der Waals surface area contributed by atoms with Crippen molar-refractivity contribution in [3.8, 4) is 0 Å². The van der Waals surface area contributed by atoms with Gasteiger partial charge in [0.2, 0.25) is 0 Å². The minimum absolute atomic E-state index is 0.0889. The second-order valence-corrected chi connectivity index (χ2v) is 7.14. The van der Waals surface area contributed by atoms with Crippen molar-refractivity contribution in [3.63, 3.8) is 0 Å². The van der Waals surface area contributed by atoms with Gasteiger partial charge in [0.15, 0.2) is 5.67 Å². The third-order valence-electron chi connectivity index (χ3n) is 4.45. The van der Waals surface area contributed by atoms with E-state index in [0.29, 0.717) is 41.5 Å². The molecule has 0 aliphatic carbocycles. The Balaban J connectivity index is 2.26. The van der Waals surface area contributed by atoms with Crippen molar-refractivity contribution in [1.82, 2.24) is 14.8 Å². The molecule has 2 rings (SSSR count). The summed E-state index contributed by atoms with van der Waals surface area (Å²) < 4.78 is 15.7. The molecule has 6 nitrogen and oxygen atoms in total. The molecule has 8 heteroatoms. The quantitative estimate of drug-likeness (QED) is 0.615. The number of hydrogen-bond donors (Lipinski definition) is 2. The number of rotatable bonds is 4. The number of halogens is 2. The zero-order valence-corrected chi connectivity index (χ0v) is 16.1. The van der Waals surface area contributed by atoms with Crippen molar-refractivity contribution in [3.05, 3.63) is 52.2 Å². The Morgan fingerprint density at radius 1 is 1.50 bits per heavy atom.